The van der Waals surface area contributed by atoms with Crippen molar-refractivity contribution in [2.24, 2.45) is 0 Å². The first-order valence-corrected chi connectivity index (χ1v) is 10.6. The quantitative estimate of drug-likeness (QED) is 0.491. The SMILES string of the molecule is CCCN1CCCC1COc1ccc2c(-c3ccc(Br)cc3)nccc2c1. The topological polar surface area (TPSA) is 25.4 Å². The van der Waals surface area contributed by atoms with Gasteiger partial charge in [-0.2, -0.15) is 0 Å². The van der Waals surface area contributed by atoms with E-state index in [0.717, 1.165) is 38.9 Å². The molecule has 0 N–H and O–H groups in total. The van der Waals surface area contributed by atoms with Gasteiger partial charge in [0.25, 0.3) is 0 Å². The number of ether oxygens (including phenoxy) is 1. The second kappa shape index (κ2) is 8.41. The molecule has 1 saturated heterocycles. The van der Waals surface area contributed by atoms with E-state index >= 15 is 0 Å². The van der Waals surface area contributed by atoms with E-state index in [1.165, 1.54) is 32.4 Å². The normalized spacial score (nSPS) is 17.5. The van der Waals surface area contributed by atoms with Crippen LogP contribution in [0, 0.1) is 0 Å². The van der Waals surface area contributed by atoms with Crippen LogP contribution in [0.1, 0.15) is 26.2 Å². The van der Waals surface area contributed by atoms with Crippen molar-refractivity contribution in [3.05, 3.63) is 59.2 Å². The van der Waals surface area contributed by atoms with Crippen LogP contribution in [0.2, 0.25) is 0 Å². The van der Waals surface area contributed by atoms with Crippen molar-refractivity contribution in [3.63, 3.8) is 0 Å². The Bertz CT molecular complexity index is 910. The second-order valence-electron chi connectivity index (χ2n) is 7.19. The molecule has 0 bridgehead atoms. The highest BCUT2D eigenvalue weighted by Gasteiger charge is 2.24. The van der Waals surface area contributed by atoms with Gasteiger partial charge in [0.2, 0.25) is 0 Å². The van der Waals surface area contributed by atoms with Crippen molar-refractivity contribution in [2.75, 3.05) is 19.7 Å². The second-order valence-corrected chi connectivity index (χ2v) is 8.11. The molecular formula is C23H25BrN2O. The van der Waals surface area contributed by atoms with Crippen LogP contribution >= 0.6 is 15.9 Å². The smallest absolute Gasteiger partial charge is 0.120 e. The molecule has 27 heavy (non-hydrogen) atoms. The number of halogens is 1. The maximum Gasteiger partial charge on any atom is 0.120 e. The summed E-state index contributed by atoms with van der Waals surface area (Å²) in [5.74, 6) is 0.943. The number of pyridine rings is 1. The predicted octanol–water partition coefficient (Wildman–Crippen LogP) is 5.92. The first kappa shape index (κ1) is 18.5. The number of aromatic nitrogens is 1. The first-order chi connectivity index (χ1) is 13.2. The Kier molecular flexibility index (Phi) is 5.74. The number of hydrogen-bond acceptors (Lipinski definition) is 3. The Hall–Kier alpha value is -1.91. The van der Waals surface area contributed by atoms with E-state index in [4.69, 9.17) is 4.74 Å². The molecular weight excluding hydrogens is 400 g/mol. The van der Waals surface area contributed by atoms with Crippen molar-refractivity contribution < 1.29 is 4.74 Å². The highest BCUT2D eigenvalue weighted by molar-refractivity contribution is 9.10. The lowest BCUT2D eigenvalue weighted by atomic mass is 10.0. The number of likely N-dealkylation sites (tertiary alicyclic amines) is 1. The molecule has 1 aliphatic heterocycles. The molecule has 1 atom stereocenters. The maximum atomic E-state index is 6.17. The van der Waals surface area contributed by atoms with E-state index in [-0.39, 0.29) is 0 Å². The Balaban J connectivity index is 1.54. The van der Waals surface area contributed by atoms with Gasteiger partial charge in [-0.3, -0.25) is 9.88 Å². The molecule has 1 fully saturated rings. The molecule has 0 spiro atoms. The monoisotopic (exact) mass is 424 g/mol. The molecule has 140 valence electrons. The summed E-state index contributed by atoms with van der Waals surface area (Å²) in [4.78, 5) is 7.18. The van der Waals surface area contributed by atoms with Gasteiger partial charge in [0.05, 0.1) is 5.69 Å². The van der Waals surface area contributed by atoms with Crippen LogP contribution in [0.15, 0.2) is 59.2 Å². The number of benzene rings is 2. The van der Waals surface area contributed by atoms with Gasteiger partial charge in [0, 0.05) is 27.7 Å². The molecule has 1 aliphatic rings. The fourth-order valence-corrected chi connectivity index (χ4v) is 4.21. The fourth-order valence-electron chi connectivity index (χ4n) is 3.94. The van der Waals surface area contributed by atoms with Gasteiger partial charge in [-0.1, -0.05) is 35.0 Å². The van der Waals surface area contributed by atoms with Gasteiger partial charge in [0.15, 0.2) is 0 Å². The molecule has 3 nitrogen and oxygen atoms in total. The molecule has 0 amide bonds. The molecule has 4 rings (SSSR count). The fraction of sp³-hybridized carbons (Fsp3) is 0.348. The Morgan fingerprint density at radius 1 is 1.15 bits per heavy atom. The average Bonchev–Trinajstić information content (AvgIpc) is 3.14. The standard InChI is InChI=1S/C23H25BrN2O/c1-2-13-26-14-3-4-20(26)16-27-21-9-10-22-18(15-21)11-12-25-23(22)17-5-7-19(24)8-6-17/h5-12,15,20H,2-4,13-14,16H2,1H3. The maximum absolute atomic E-state index is 6.17. The van der Waals surface area contributed by atoms with Crippen molar-refractivity contribution >= 4 is 26.7 Å². The van der Waals surface area contributed by atoms with Crippen molar-refractivity contribution in [1.29, 1.82) is 0 Å². The zero-order valence-corrected chi connectivity index (χ0v) is 17.3. The highest BCUT2D eigenvalue weighted by Crippen LogP contribution is 2.30. The van der Waals surface area contributed by atoms with Gasteiger partial charge in [0.1, 0.15) is 12.4 Å². The predicted molar refractivity (Wildman–Crippen MR) is 115 cm³/mol. The number of fused-ring (bicyclic) bond motifs is 1. The van der Waals surface area contributed by atoms with Crippen molar-refractivity contribution in [2.45, 2.75) is 32.2 Å². The molecule has 1 aromatic heterocycles. The molecule has 1 unspecified atom stereocenters. The van der Waals surface area contributed by atoms with E-state index in [0.29, 0.717) is 6.04 Å². The lowest BCUT2D eigenvalue weighted by molar-refractivity contribution is 0.173. The van der Waals surface area contributed by atoms with Crippen LogP contribution in [0.5, 0.6) is 5.75 Å². The Morgan fingerprint density at radius 2 is 2.00 bits per heavy atom. The van der Waals surface area contributed by atoms with Crippen LogP contribution in [-0.4, -0.2) is 35.6 Å². The van der Waals surface area contributed by atoms with E-state index < -0.39 is 0 Å². The summed E-state index contributed by atoms with van der Waals surface area (Å²) in [6.45, 7) is 5.41. The number of hydrogen-bond donors (Lipinski definition) is 0. The van der Waals surface area contributed by atoms with Gasteiger partial charge in [-0.25, -0.2) is 0 Å². The van der Waals surface area contributed by atoms with Gasteiger partial charge >= 0.3 is 0 Å². The summed E-state index contributed by atoms with van der Waals surface area (Å²) in [6, 6.07) is 17.3. The minimum absolute atomic E-state index is 0.552. The Labute approximate surface area is 169 Å². The first-order valence-electron chi connectivity index (χ1n) is 9.76. The van der Waals surface area contributed by atoms with E-state index in [1.54, 1.807) is 0 Å². The molecule has 0 aliphatic carbocycles. The lowest BCUT2D eigenvalue weighted by Crippen LogP contribution is -2.34. The molecule has 3 aromatic rings. The van der Waals surface area contributed by atoms with Gasteiger partial charge < -0.3 is 4.74 Å². The molecule has 0 radical (unpaired) electrons. The molecule has 0 saturated carbocycles. The number of nitrogens with zero attached hydrogens (tertiary/aromatic N) is 2. The summed E-state index contributed by atoms with van der Waals surface area (Å²) >= 11 is 3.50. The summed E-state index contributed by atoms with van der Waals surface area (Å²) in [6.07, 6.45) is 5.61. The summed E-state index contributed by atoms with van der Waals surface area (Å²) in [5, 5.41) is 2.32. The average molecular weight is 425 g/mol. The van der Waals surface area contributed by atoms with E-state index in [1.807, 2.05) is 6.20 Å². The van der Waals surface area contributed by atoms with Gasteiger partial charge in [-0.15, -0.1) is 0 Å². The van der Waals surface area contributed by atoms with Crippen LogP contribution < -0.4 is 4.74 Å². The highest BCUT2D eigenvalue weighted by atomic mass is 79.9. The minimum atomic E-state index is 0.552. The van der Waals surface area contributed by atoms with Crippen LogP contribution in [0.3, 0.4) is 0 Å². The summed E-state index contributed by atoms with van der Waals surface area (Å²) in [7, 11) is 0. The van der Waals surface area contributed by atoms with E-state index in [9.17, 15) is 0 Å². The third kappa shape index (κ3) is 4.17. The third-order valence-electron chi connectivity index (χ3n) is 5.31. The van der Waals surface area contributed by atoms with Gasteiger partial charge in [-0.05, 0) is 74.1 Å². The van der Waals surface area contributed by atoms with Crippen LogP contribution in [0.4, 0.5) is 0 Å². The van der Waals surface area contributed by atoms with Crippen LogP contribution in [-0.2, 0) is 0 Å². The largest absolute Gasteiger partial charge is 0.492 e. The third-order valence-corrected chi connectivity index (χ3v) is 5.83. The molecule has 2 aromatic carbocycles. The molecule has 4 heteroatoms. The Morgan fingerprint density at radius 3 is 2.81 bits per heavy atom. The number of rotatable bonds is 6. The summed E-state index contributed by atoms with van der Waals surface area (Å²) in [5.41, 5.74) is 2.13. The zero-order valence-electron chi connectivity index (χ0n) is 15.7. The van der Waals surface area contributed by atoms with Crippen molar-refractivity contribution in [1.82, 2.24) is 9.88 Å². The van der Waals surface area contributed by atoms with Crippen molar-refractivity contribution in [3.8, 4) is 17.0 Å². The van der Waals surface area contributed by atoms with Crippen LogP contribution in [0.25, 0.3) is 22.0 Å². The lowest BCUT2D eigenvalue weighted by Gasteiger charge is -2.24. The summed E-state index contributed by atoms with van der Waals surface area (Å²) < 4.78 is 7.24. The van der Waals surface area contributed by atoms with E-state index in [2.05, 4.69) is 81.3 Å². The zero-order chi connectivity index (χ0) is 18.6. The minimum Gasteiger partial charge on any atom is -0.492 e. The molecule has 2 heterocycles.